The fourth-order valence-corrected chi connectivity index (χ4v) is 0.221. The summed E-state index contributed by atoms with van der Waals surface area (Å²) in [6.07, 6.45) is 2.67. The maximum absolute atomic E-state index is 9.90. The largest absolute Gasteiger partial charge is 0.394 e. The summed E-state index contributed by atoms with van der Waals surface area (Å²) < 4.78 is 31.6. The predicted octanol–water partition coefficient (Wildman–Crippen LogP) is -0.160. The van der Waals surface area contributed by atoms with E-state index in [1.54, 1.807) is 0 Å². The van der Waals surface area contributed by atoms with Gasteiger partial charge >= 0.3 is 10.4 Å². The zero-order valence-corrected chi connectivity index (χ0v) is 5.89. The molecule has 1 heterocycles. The summed E-state index contributed by atoms with van der Waals surface area (Å²) in [5, 5.41) is 6.37. The average molecular weight is 180 g/mol. The SMILES string of the molecule is O=C1C=CN=N1.O=S(=O)(O)O. The van der Waals surface area contributed by atoms with Crippen LogP contribution in [0.25, 0.3) is 0 Å². The molecule has 0 aromatic rings. The molecule has 0 saturated carbocycles. The van der Waals surface area contributed by atoms with Gasteiger partial charge in [-0.3, -0.25) is 13.9 Å². The van der Waals surface area contributed by atoms with Crippen molar-refractivity contribution in [1.29, 1.82) is 0 Å². The first-order chi connectivity index (χ1) is 4.89. The van der Waals surface area contributed by atoms with E-state index in [9.17, 15) is 4.79 Å². The summed E-state index contributed by atoms with van der Waals surface area (Å²) in [4.78, 5) is 9.90. The molecule has 0 saturated heterocycles. The summed E-state index contributed by atoms with van der Waals surface area (Å²) in [6, 6.07) is 0. The molecule has 1 aliphatic rings. The van der Waals surface area contributed by atoms with Gasteiger partial charge in [-0.05, 0) is 0 Å². The number of carbonyl (C=O) groups excluding carboxylic acids is 1. The lowest BCUT2D eigenvalue weighted by Gasteiger charge is -1.68. The molecule has 11 heavy (non-hydrogen) atoms. The summed E-state index contributed by atoms with van der Waals surface area (Å²) in [6.45, 7) is 0. The topological polar surface area (TPSA) is 116 Å². The van der Waals surface area contributed by atoms with Crippen LogP contribution in [0.2, 0.25) is 0 Å². The third kappa shape index (κ3) is 12.2. The second-order valence-electron chi connectivity index (χ2n) is 1.32. The summed E-state index contributed by atoms with van der Waals surface area (Å²) >= 11 is 0. The number of rotatable bonds is 0. The van der Waals surface area contributed by atoms with Crippen molar-refractivity contribution < 1.29 is 22.3 Å². The molecule has 0 aromatic carbocycles. The molecule has 7 nitrogen and oxygen atoms in total. The third-order valence-electron chi connectivity index (χ3n) is 0.440. The highest BCUT2D eigenvalue weighted by Gasteiger charge is 1.92. The molecule has 2 N–H and O–H groups in total. The van der Waals surface area contributed by atoms with Gasteiger partial charge < -0.3 is 0 Å². The average Bonchev–Trinajstić information content (AvgIpc) is 2.12. The lowest BCUT2D eigenvalue weighted by molar-refractivity contribution is -0.113. The highest BCUT2D eigenvalue weighted by molar-refractivity contribution is 7.79. The highest BCUT2D eigenvalue weighted by atomic mass is 32.3. The van der Waals surface area contributed by atoms with Gasteiger partial charge in [0.05, 0.1) is 6.20 Å². The van der Waals surface area contributed by atoms with E-state index >= 15 is 0 Å². The first-order valence-electron chi connectivity index (χ1n) is 2.21. The Labute approximate surface area is 62.0 Å². The van der Waals surface area contributed by atoms with Crippen LogP contribution in [0.15, 0.2) is 22.5 Å². The van der Waals surface area contributed by atoms with Gasteiger partial charge in [0.1, 0.15) is 0 Å². The number of amides is 1. The summed E-state index contributed by atoms with van der Waals surface area (Å²) in [7, 11) is -4.67. The fourth-order valence-electron chi connectivity index (χ4n) is 0.221. The summed E-state index contributed by atoms with van der Waals surface area (Å²) in [5.41, 5.74) is 0. The number of hydrogen-bond donors (Lipinski definition) is 2. The molecule has 1 rings (SSSR count). The van der Waals surface area contributed by atoms with Crippen molar-refractivity contribution in [3.63, 3.8) is 0 Å². The van der Waals surface area contributed by atoms with Crippen LogP contribution < -0.4 is 0 Å². The van der Waals surface area contributed by atoms with Crippen molar-refractivity contribution in [2.24, 2.45) is 10.2 Å². The lowest BCUT2D eigenvalue weighted by Crippen LogP contribution is -1.89. The van der Waals surface area contributed by atoms with Crippen LogP contribution >= 0.6 is 0 Å². The van der Waals surface area contributed by atoms with E-state index in [1.807, 2.05) is 0 Å². The summed E-state index contributed by atoms with van der Waals surface area (Å²) in [5.74, 6) is -0.269. The predicted molar refractivity (Wildman–Crippen MR) is 33.2 cm³/mol. The van der Waals surface area contributed by atoms with E-state index < -0.39 is 10.4 Å². The Balaban J connectivity index is 0.000000187. The van der Waals surface area contributed by atoms with Gasteiger partial charge in [0.25, 0.3) is 5.91 Å². The minimum Gasteiger partial charge on any atom is -0.266 e. The molecule has 1 aliphatic heterocycles. The first kappa shape index (κ1) is 9.88. The van der Waals surface area contributed by atoms with Gasteiger partial charge in [0.2, 0.25) is 0 Å². The van der Waals surface area contributed by atoms with Crippen LogP contribution in [0.3, 0.4) is 0 Å². The Morgan fingerprint density at radius 3 is 1.91 bits per heavy atom. The monoisotopic (exact) mass is 180 g/mol. The zero-order valence-electron chi connectivity index (χ0n) is 5.08. The van der Waals surface area contributed by atoms with Gasteiger partial charge in [0.15, 0.2) is 0 Å². The minimum atomic E-state index is -4.67. The Kier molecular flexibility index (Phi) is 3.51. The van der Waals surface area contributed by atoms with E-state index in [4.69, 9.17) is 17.5 Å². The van der Waals surface area contributed by atoms with Gasteiger partial charge in [-0.15, -0.1) is 5.11 Å². The minimum absolute atomic E-state index is 0.269. The van der Waals surface area contributed by atoms with Crippen molar-refractivity contribution in [2.45, 2.75) is 0 Å². The third-order valence-corrected chi connectivity index (χ3v) is 0.440. The molecule has 0 atom stereocenters. The number of carbonyl (C=O) groups is 1. The molecule has 0 radical (unpaired) electrons. The Morgan fingerprint density at radius 2 is 1.82 bits per heavy atom. The molecule has 1 amide bonds. The highest BCUT2D eigenvalue weighted by Crippen LogP contribution is 1.90. The van der Waals surface area contributed by atoms with Crippen LogP contribution in [0.4, 0.5) is 0 Å². The number of hydrogen-bond acceptors (Lipinski definition) is 4. The molecule has 0 bridgehead atoms. The Bertz CT molecular complexity index is 267. The van der Waals surface area contributed by atoms with E-state index in [0.717, 1.165) is 0 Å². The Morgan fingerprint density at radius 1 is 1.36 bits per heavy atom. The van der Waals surface area contributed by atoms with Crippen molar-refractivity contribution in [2.75, 3.05) is 0 Å². The molecule has 0 aliphatic carbocycles. The standard InChI is InChI=1S/C3H2N2O.H2O4S/c6-3-1-2-4-5-3;1-5(2,3)4/h1-2H;(H2,1,2,3,4). The second kappa shape index (κ2) is 3.91. The number of nitrogens with zero attached hydrogens (tertiary/aromatic N) is 2. The second-order valence-corrected chi connectivity index (χ2v) is 2.21. The maximum atomic E-state index is 9.90. The maximum Gasteiger partial charge on any atom is 0.394 e. The molecular weight excluding hydrogens is 176 g/mol. The van der Waals surface area contributed by atoms with Crippen molar-refractivity contribution in [3.8, 4) is 0 Å². The van der Waals surface area contributed by atoms with Crippen LogP contribution in [-0.2, 0) is 15.2 Å². The van der Waals surface area contributed by atoms with Crippen LogP contribution in [0, 0.1) is 0 Å². The van der Waals surface area contributed by atoms with E-state index in [1.165, 1.54) is 12.3 Å². The molecule has 0 spiro atoms. The van der Waals surface area contributed by atoms with Crippen molar-refractivity contribution in [3.05, 3.63) is 12.3 Å². The van der Waals surface area contributed by atoms with E-state index in [2.05, 4.69) is 10.2 Å². The van der Waals surface area contributed by atoms with Crippen molar-refractivity contribution in [1.82, 2.24) is 0 Å². The molecule has 8 heteroatoms. The molecule has 62 valence electrons. The normalized spacial score (nSPS) is 14.5. The fraction of sp³-hybridized carbons (Fsp3) is 0. The smallest absolute Gasteiger partial charge is 0.266 e. The van der Waals surface area contributed by atoms with Gasteiger partial charge in [-0.1, -0.05) is 0 Å². The van der Waals surface area contributed by atoms with Crippen LogP contribution in [-0.4, -0.2) is 23.4 Å². The van der Waals surface area contributed by atoms with E-state index in [0.29, 0.717) is 0 Å². The first-order valence-corrected chi connectivity index (χ1v) is 3.60. The zero-order chi connectivity index (χ0) is 8.91. The van der Waals surface area contributed by atoms with Gasteiger partial charge in [-0.2, -0.15) is 13.5 Å². The van der Waals surface area contributed by atoms with Crippen molar-refractivity contribution >= 4 is 16.3 Å². The van der Waals surface area contributed by atoms with Gasteiger partial charge in [-0.25, -0.2) is 0 Å². The lowest BCUT2D eigenvalue weighted by atomic mass is 10.6. The van der Waals surface area contributed by atoms with Crippen LogP contribution in [0.1, 0.15) is 0 Å². The van der Waals surface area contributed by atoms with Gasteiger partial charge in [0, 0.05) is 6.08 Å². The van der Waals surface area contributed by atoms with E-state index in [-0.39, 0.29) is 5.91 Å². The van der Waals surface area contributed by atoms with Crippen LogP contribution in [0.5, 0.6) is 0 Å². The molecule has 0 aromatic heterocycles. The quantitative estimate of drug-likeness (QED) is 0.502. The molecule has 0 unspecified atom stereocenters. The molecular formula is C3H4N2O5S. The number of azo groups is 1. The molecule has 0 fully saturated rings. The Hall–Kier alpha value is -1.12.